The largest absolute Gasteiger partial charge is 0.372 e. The van der Waals surface area contributed by atoms with Crippen LogP contribution >= 0.6 is 0 Å². The van der Waals surface area contributed by atoms with Gasteiger partial charge < -0.3 is 15.1 Å². The molecular weight excluding hydrogens is 484 g/mol. The number of hydrogen-bond donors (Lipinski definition) is 2. The van der Waals surface area contributed by atoms with Gasteiger partial charge in [0.2, 0.25) is 10.0 Å². The van der Waals surface area contributed by atoms with Crippen LogP contribution in [0.4, 0.5) is 22.7 Å². The number of nitrogens with one attached hydrogen (secondary N) is 2. The maximum Gasteiger partial charge on any atom is 0.258 e. The Bertz CT molecular complexity index is 1440. The van der Waals surface area contributed by atoms with Crippen molar-refractivity contribution in [2.75, 3.05) is 40.0 Å². The molecule has 0 atom stereocenters. The number of sulfonamides is 1. The van der Waals surface area contributed by atoms with Gasteiger partial charge in [0, 0.05) is 48.5 Å². The van der Waals surface area contributed by atoms with Gasteiger partial charge >= 0.3 is 0 Å². The van der Waals surface area contributed by atoms with E-state index in [4.69, 9.17) is 0 Å². The lowest BCUT2D eigenvalue weighted by atomic mass is 9.98. The number of carbonyl (C=O) groups excluding carboxylic acids is 1. The third-order valence-electron chi connectivity index (χ3n) is 6.97. The first-order chi connectivity index (χ1) is 17.7. The highest BCUT2D eigenvalue weighted by Crippen LogP contribution is 2.41. The number of rotatable bonds is 7. The maximum atomic E-state index is 13.4. The summed E-state index contributed by atoms with van der Waals surface area (Å²) in [4.78, 5) is 17.8. The monoisotopic (exact) mass is 516 g/mol. The van der Waals surface area contributed by atoms with Crippen LogP contribution in [0.1, 0.15) is 37.8 Å². The van der Waals surface area contributed by atoms with Crippen LogP contribution < -0.4 is 19.8 Å². The molecule has 3 aromatic rings. The first-order valence-electron chi connectivity index (χ1n) is 12.6. The fraction of sp³-hybridized carbons (Fsp3) is 0.276. The minimum atomic E-state index is -3.53. The quantitative estimate of drug-likeness (QED) is 0.411. The Hall–Kier alpha value is -3.78. The van der Waals surface area contributed by atoms with E-state index in [2.05, 4.69) is 39.2 Å². The van der Waals surface area contributed by atoms with E-state index in [1.54, 1.807) is 32.0 Å². The minimum Gasteiger partial charge on any atom is -0.372 e. The lowest BCUT2D eigenvalue weighted by Gasteiger charge is -2.26. The zero-order chi connectivity index (χ0) is 26.2. The summed E-state index contributed by atoms with van der Waals surface area (Å²) in [7, 11) is -1.57. The standard InChI is InChI=1S/C29H32N4O3S/c1-20(2)37(35,36)31-22-11-16-26-25(19-22)27(29(34)30-26)28(21-9-5-4-6-10-21)32(3)23-12-14-24(15-13-23)33-17-7-8-18-33/h4-6,9-16,19-20,31H,7-8,17-18H2,1-3H3,(H,30,34)/b28-27-. The molecule has 1 amide bonds. The van der Waals surface area contributed by atoms with E-state index < -0.39 is 15.3 Å². The molecule has 0 aliphatic carbocycles. The summed E-state index contributed by atoms with van der Waals surface area (Å²) in [6.07, 6.45) is 2.44. The lowest BCUT2D eigenvalue weighted by molar-refractivity contribution is -0.110. The predicted octanol–water partition coefficient (Wildman–Crippen LogP) is 5.39. The number of benzene rings is 3. The molecular formula is C29H32N4O3S. The molecule has 2 aliphatic rings. The van der Waals surface area contributed by atoms with Crippen LogP contribution in [0.3, 0.4) is 0 Å². The normalized spacial score (nSPS) is 16.5. The van der Waals surface area contributed by atoms with Gasteiger partial charge in [-0.05, 0) is 74.7 Å². The Morgan fingerprint density at radius 2 is 1.65 bits per heavy atom. The zero-order valence-corrected chi connectivity index (χ0v) is 22.2. The average Bonchev–Trinajstić information content (AvgIpc) is 3.53. The van der Waals surface area contributed by atoms with Crippen molar-refractivity contribution in [1.82, 2.24) is 0 Å². The van der Waals surface area contributed by atoms with Crippen LogP contribution in [0.2, 0.25) is 0 Å². The second-order valence-electron chi connectivity index (χ2n) is 9.77. The van der Waals surface area contributed by atoms with Crippen molar-refractivity contribution in [3.05, 3.63) is 83.9 Å². The third-order valence-corrected chi connectivity index (χ3v) is 8.73. The van der Waals surface area contributed by atoms with E-state index >= 15 is 0 Å². The van der Waals surface area contributed by atoms with Crippen LogP contribution in [-0.2, 0) is 14.8 Å². The Balaban J connectivity index is 1.60. The Kier molecular flexibility index (Phi) is 6.69. The molecule has 3 aromatic carbocycles. The molecule has 2 heterocycles. The average molecular weight is 517 g/mol. The van der Waals surface area contributed by atoms with Gasteiger partial charge in [0.25, 0.3) is 5.91 Å². The molecule has 1 saturated heterocycles. The topological polar surface area (TPSA) is 81.8 Å². The van der Waals surface area contributed by atoms with Gasteiger partial charge in [-0.1, -0.05) is 30.3 Å². The van der Waals surface area contributed by atoms with Gasteiger partial charge in [0.15, 0.2) is 0 Å². The second kappa shape index (κ2) is 9.94. The van der Waals surface area contributed by atoms with E-state index in [1.807, 2.05) is 42.3 Å². The number of carbonyl (C=O) groups is 1. The fourth-order valence-corrected chi connectivity index (χ4v) is 5.53. The molecule has 0 spiro atoms. The van der Waals surface area contributed by atoms with Crippen molar-refractivity contribution in [2.45, 2.75) is 31.9 Å². The first-order valence-corrected chi connectivity index (χ1v) is 14.1. The molecule has 2 aliphatic heterocycles. The van der Waals surface area contributed by atoms with Crippen molar-refractivity contribution in [1.29, 1.82) is 0 Å². The van der Waals surface area contributed by atoms with Crippen molar-refractivity contribution in [2.24, 2.45) is 0 Å². The molecule has 37 heavy (non-hydrogen) atoms. The van der Waals surface area contributed by atoms with Gasteiger partial charge in [-0.15, -0.1) is 0 Å². The number of hydrogen-bond acceptors (Lipinski definition) is 5. The summed E-state index contributed by atoms with van der Waals surface area (Å²) < 4.78 is 27.6. The maximum absolute atomic E-state index is 13.4. The predicted molar refractivity (Wildman–Crippen MR) is 152 cm³/mol. The number of anilines is 4. The summed E-state index contributed by atoms with van der Waals surface area (Å²) in [6.45, 7) is 5.41. The molecule has 5 rings (SSSR count). The van der Waals surface area contributed by atoms with Crippen molar-refractivity contribution < 1.29 is 13.2 Å². The highest BCUT2D eigenvalue weighted by atomic mass is 32.2. The van der Waals surface area contributed by atoms with Crippen LogP contribution in [-0.4, -0.2) is 39.7 Å². The van der Waals surface area contributed by atoms with Crippen LogP contribution in [0.25, 0.3) is 11.3 Å². The van der Waals surface area contributed by atoms with Gasteiger partial charge in [0.05, 0.1) is 16.5 Å². The number of nitrogens with zero attached hydrogens (tertiary/aromatic N) is 2. The zero-order valence-electron chi connectivity index (χ0n) is 21.4. The van der Waals surface area contributed by atoms with Gasteiger partial charge in [0.1, 0.15) is 0 Å². The molecule has 0 bridgehead atoms. The Morgan fingerprint density at radius 3 is 2.30 bits per heavy atom. The molecule has 0 unspecified atom stereocenters. The second-order valence-corrected chi connectivity index (χ2v) is 12.0. The third kappa shape index (κ3) is 4.93. The van der Waals surface area contributed by atoms with E-state index in [1.165, 1.54) is 18.5 Å². The summed E-state index contributed by atoms with van der Waals surface area (Å²) >= 11 is 0. The number of fused-ring (bicyclic) bond motifs is 1. The molecule has 2 N–H and O–H groups in total. The van der Waals surface area contributed by atoms with Gasteiger partial charge in [-0.2, -0.15) is 0 Å². The Labute approximate surface area is 218 Å². The molecule has 8 heteroatoms. The van der Waals surface area contributed by atoms with Crippen LogP contribution in [0.5, 0.6) is 0 Å². The summed E-state index contributed by atoms with van der Waals surface area (Å²) in [5.74, 6) is -0.224. The van der Waals surface area contributed by atoms with Crippen molar-refractivity contribution >= 4 is 50.0 Å². The van der Waals surface area contributed by atoms with Crippen molar-refractivity contribution in [3.8, 4) is 0 Å². The van der Waals surface area contributed by atoms with Crippen LogP contribution in [0.15, 0.2) is 72.8 Å². The molecule has 0 radical (unpaired) electrons. The van der Waals surface area contributed by atoms with Gasteiger partial charge in [-0.25, -0.2) is 8.42 Å². The van der Waals surface area contributed by atoms with E-state index in [9.17, 15) is 13.2 Å². The van der Waals surface area contributed by atoms with Crippen molar-refractivity contribution in [3.63, 3.8) is 0 Å². The summed E-state index contributed by atoms with van der Waals surface area (Å²) in [5.41, 5.74) is 6.02. The smallest absolute Gasteiger partial charge is 0.258 e. The molecule has 0 saturated carbocycles. The first kappa shape index (κ1) is 24.9. The molecule has 192 valence electrons. The number of amides is 1. The molecule has 1 fully saturated rings. The molecule has 0 aromatic heterocycles. The van der Waals surface area contributed by atoms with E-state index in [-0.39, 0.29) is 5.91 Å². The summed E-state index contributed by atoms with van der Waals surface area (Å²) in [6, 6.07) is 23.4. The van der Waals surface area contributed by atoms with E-state index in [0.29, 0.717) is 22.5 Å². The summed E-state index contributed by atoms with van der Waals surface area (Å²) in [5, 5.41) is 2.38. The van der Waals surface area contributed by atoms with E-state index in [0.717, 1.165) is 30.0 Å². The highest BCUT2D eigenvalue weighted by molar-refractivity contribution is 7.93. The van der Waals surface area contributed by atoms with Gasteiger partial charge in [-0.3, -0.25) is 9.52 Å². The molecule has 7 nitrogen and oxygen atoms in total. The lowest BCUT2D eigenvalue weighted by Crippen LogP contribution is -2.22. The van der Waals surface area contributed by atoms with Crippen LogP contribution in [0, 0.1) is 0 Å². The Morgan fingerprint density at radius 1 is 0.973 bits per heavy atom. The fourth-order valence-electron chi connectivity index (χ4n) is 4.84. The highest BCUT2D eigenvalue weighted by Gasteiger charge is 2.31. The SMILES string of the molecule is CC(C)S(=O)(=O)Nc1ccc2c(c1)/C(=C(\c1ccccc1)N(C)c1ccc(N3CCCC3)cc1)C(=O)N2. The minimum absolute atomic E-state index is 0.224.